The van der Waals surface area contributed by atoms with Crippen molar-refractivity contribution in [2.75, 3.05) is 11.9 Å². The van der Waals surface area contributed by atoms with Gasteiger partial charge in [-0.15, -0.1) is 11.3 Å². The number of hydrogen-bond donors (Lipinski definition) is 1. The third-order valence-electron chi connectivity index (χ3n) is 4.66. The fourth-order valence-electron chi connectivity index (χ4n) is 3.40. The molecule has 1 aliphatic heterocycles. The van der Waals surface area contributed by atoms with Gasteiger partial charge in [-0.2, -0.15) is 0 Å². The van der Waals surface area contributed by atoms with Gasteiger partial charge >= 0.3 is 0 Å². The second-order valence-electron chi connectivity index (χ2n) is 6.70. The van der Waals surface area contributed by atoms with E-state index in [0.29, 0.717) is 15.7 Å². The van der Waals surface area contributed by atoms with Crippen LogP contribution in [-0.2, 0) is 13.6 Å². The van der Waals surface area contributed by atoms with Crippen LogP contribution in [0.1, 0.15) is 40.6 Å². The zero-order chi connectivity index (χ0) is 18.8. The first-order chi connectivity index (χ1) is 13.1. The van der Waals surface area contributed by atoms with Crippen molar-refractivity contribution in [2.24, 2.45) is 7.05 Å². The molecule has 1 N–H and O–H groups in total. The number of carbonyl (C=O) groups excluding carboxylic acids is 1. The summed E-state index contributed by atoms with van der Waals surface area (Å²) in [6.45, 7) is 1.84. The van der Waals surface area contributed by atoms with Crippen LogP contribution in [0.15, 0.2) is 42.2 Å². The van der Waals surface area contributed by atoms with Gasteiger partial charge in [0.1, 0.15) is 0 Å². The van der Waals surface area contributed by atoms with Crippen molar-refractivity contribution in [2.45, 2.75) is 25.4 Å². The Morgan fingerprint density at radius 1 is 1.44 bits per heavy atom. The van der Waals surface area contributed by atoms with Gasteiger partial charge in [0.2, 0.25) is 0 Å². The van der Waals surface area contributed by atoms with Crippen molar-refractivity contribution in [3.63, 3.8) is 0 Å². The number of carbonyl (C=O) groups is 1. The highest BCUT2D eigenvalue weighted by Gasteiger charge is 2.28. The van der Waals surface area contributed by atoms with Crippen molar-refractivity contribution in [3.8, 4) is 0 Å². The maximum Gasteiger partial charge on any atom is 0.257 e. The normalized spacial score (nSPS) is 17.3. The van der Waals surface area contributed by atoms with E-state index in [1.807, 2.05) is 29.5 Å². The topological polar surface area (TPSA) is 63.1 Å². The standard InChI is InChI=1S/C19H20ClN5OS/c1-24-9-15(21-12-24)10-25-7-3-6-17(25)16-11-27-19(22-16)23-18(26)13-4-2-5-14(20)8-13/h2,4-5,8-9,11-12,17H,3,6-7,10H2,1H3,(H,22,23,26)/t17-/m1/s1. The molecular formula is C19H20ClN5OS. The Kier molecular flexibility index (Phi) is 5.24. The minimum Gasteiger partial charge on any atom is -0.340 e. The van der Waals surface area contributed by atoms with E-state index in [0.717, 1.165) is 37.3 Å². The summed E-state index contributed by atoms with van der Waals surface area (Å²) in [7, 11) is 1.98. The predicted molar refractivity (Wildman–Crippen MR) is 107 cm³/mol. The molecule has 0 spiro atoms. The number of nitrogens with one attached hydrogen (secondary N) is 1. The first kappa shape index (κ1) is 18.2. The summed E-state index contributed by atoms with van der Waals surface area (Å²) < 4.78 is 1.97. The minimum absolute atomic E-state index is 0.199. The van der Waals surface area contributed by atoms with Gasteiger partial charge < -0.3 is 4.57 Å². The number of anilines is 1. The summed E-state index contributed by atoms with van der Waals surface area (Å²) in [6, 6.07) is 7.16. The average molecular weight is 402 g/mol. The molecule has 2 aromatic heterocycles. The van der Waals surface area contributed by atoms with Gasteiger partial charge in [0.05, 0.1) is 23.8 Å². The van der Waals surface area contributed by atoms with Crippen LogP contribution in [0.4, 0.5) is 5.13 Å². The lowest BCUT2D eigenvalue weighted by Gasteiger charge is -2.21. The SMILES string of the molecule is Cn1cnc(CN2CCC[C@@H]2c2csc(NC(=O)c3cccc(Cl)c3)n2)c1. The highest BCUT2D eigenvalue weighted by atomic mass is 35.5. The number of nitrogens with zero attached hydrogens (tertiary/aromatic N) is 4. The van der Waals surface area contributed by atoms with Gasteiger partial charge in [-0.25, -0.2) is 9.97 Å². The largest absolute Gasteiger partial charge is 0.340 e. The summed E-state index contributed by atoms with van der Waals surface area (Å²) in [5.74, 6) is -0.199. The van der Waals surface area contributed by atoms with Gasteiger partial charge in [-0.1, -0.05) is 17.7 Å². The summed E-state index contributed by atoms with van der Waals surface area (Å²) in [5.41, 5.74) is 2.60. The molecule has 3 heterocycles. The van der Waals surface area contributed by atoms with E-state index in [-0.39, 0.29) is 11.9 Å². The minimum atomic E-state index is -0.199. The molecule has 6 nitrogen and oxygen atoms in total. The summed E-state index contributed by atoms with van der Waals surface area (Å²) in [5, 5.41) is 6.06. The average Bonchev–Trinajstić information content (AvgIpc) is 3.37. The maximum atomic E-state index is 12.4. The summed E-state index contributed by atoms with van der Waals surface area (Å²) >= 11 is 7.41. The molecule has 0 saturated carbocycles. The molecule has 0 bridgehead atoms. The van der Waals surface area contributed by atoms with Crippen molar-refractivity contribution in [1.29, 1.82) is 0 Å². The monoisotopic (exact) mass is 401 g/mol. The zero-order valence-corrected chi connectivity index (χ0v) is 16.5. The van der Waals surface area contributed by atoms with Crippen LogP contribution >= 0.6 is 22.9 Å². The fraction of sp³-hybridized carbons (Fsp3) is 0.316. The van der Waals surface area contributed by atoms with Crippen LogP contribution in [0.25, 0.3) is 0 Å². The molecule has 1 amide bonds. The highest BCUT2D eigenvalue weighted by Crippen LogP contribution is 2.34. The molecule has 0 unspecified atom stereocenters. The predicted octanol–water partition coefficient (Wildman–Crippen LogP) is 4.12. The van der Waals surface area contributed by atoms with Crippen LogP contribution in [0.5, 0.6) is 0 Å². The molecule has 1 fully saturated rings. The van der Waals surface area contributed by atoms with Crippen LogP contribution in [0.3, 0.4) is 0 Å². The van der Waals surface area contributed by atoms with Crippen LogP contribution < -0.4 is 5.32 Å². The Labute approximate surface area is 166 Å². The lowest BCUT2D eigenvalue weighted by atomic mass is 10.1. The maximum absolute atomic E-state index is 12.4. The second-order valence-corrected chi connectivity index (χ2v) is 8.00. The number of aromatic nitrogens is 3. The molecule has 0 radical (unpaired) electrons. The number of benzene rings is 1. The van der Waals surface area contributed by atoms with E-state index in [1.165, 1.54) is 11.3 Å². The number of imidazole rings is 1. The lowest BCUT2D eigenvalue weighted by Crippen LogP contribution is -2.23. The van der Waals surface area contributed by atoms with Crippen molar-refractivity contribution < 1.29 is 4.79 Å². The van der Waals surface area contributed by atoms with Gasteiger partial charge in [0, 0.05) is 35.8 Å². The second kappa shape index (κ2) is 7.80. The number of thiazole rings is 1. The van der Waals surface area contributed by atoms with E-state index in [1.54, 1.807) is 24.3 Å². The zero-order valence-electron chi connectivity index (χ0n) is 14.9. The Hall–Kier alpha value is -2.22. The van der Waals surface area contributed by atoms with Crippen molar-refractivity contribution in [3.05, 3.63) is 64.1 Å². The number of aryl methyl sites for hydroxylation is 1. The lowest BCUT2D eigenvalue weighted by molar-refractivity contribution is 0.102. The molecule has 1 saturated heterocycles. The molecule has 4 rings (SSSR count). The van der Waals surface area contributed by atoms with Gasteiger partial charge in [0.15, 0.2) is 5.13 Å². The van der Waals surface area contributed by atoms with Gasteiger partial charge in [-0.05, 0) is 37.6 Å². The molecular weight excluding hydrogens is 382 g/mol. The molecule has 140 valence electrons. The van der Waals surface area contributed by atoms with Crippen LogP contribution in [0, 0.1) is 0 Å². The summed E-state index contributed by atoms with van der Waals surface area (Å²) in [4.78, 5) is 23.9. The number of amides is 1. The number of rotatable bonds is 5. The van der Waals surface area contributed by atoms with E-state index in [9.17, 15) is 4.79 Å². The Morgan fingerprint density at radius 2 is 2.33 bits per heavy atom. The Balaban J connectivity index is 1.44. The number of likely N-dealkylation sites (tertiary alicyclic amines) is 1. The molecule has 3 aromatic rings. The van der Waals surface area contributed by atoms with E-state index < -0.39 is 0 Å². The number of hydrogen-bond acceptors (Lipinski definition) is 5. The molecule has 8 heteroatoms. The first-order valence-electron chi connectivity index (χ1n) is 8.82. The molecule has 1 atom stereocenters. The van der Waals surface area contributed by atoms with E-state index in [2.05, 4.69) is 20.2 Å². The molecule has 27 heavy (non-hydrogen) atoms. The van der Waals surface area contributed by atoms with E-state index in [4.69, 9.17) is 11.6 Å². The first-order valence-corrected chi connectivity index (χ1v) is 10.1. The third kappa shape index (κ3) is 4.21. The summed E-state index contributed by atoms with van der Waals surface area (Å²) in [6.07, 6.45) is 6.08. The number of halogens is 1. The van der Waals surface area contributed by atoms with Gasteiger partial charge in [0.25, 0.3) is 5.91 Å². The quantitative estimate of drug-likeness (QED) is 0.698. The molecule has 1 aromatic carbocycles. The van der Waals surface area contributed by atoms with Gasteiger partial charge in [-0.3, -0.25) is 15.0 Å². The Bertz CT molecular complexity index is 953. The smallest absolute Gasteiger partial charge is 0.257 e. The third-order valence-corrected chi connectivity index (χ3v) is 5.67. The van der Waals surface area contributed by atoms with Crippen molar-refractivity contribution >= 4 is 34.0 Å². The highest BCUT2D eigenvalue weighted by molar-refractivity contribution is 7.14. The van der Waals surface area contributed by atoms with E-state index >= 15 is 0 Å². The Morgan fingerprint density at radius 3 is 3.11 bits per heavy atom. The van der Waals surface area contributed by atoms with Crippen LogP contribution in [-0.4, -0.2) is 31.9 Å². The van der Waals surface area contributed by atoms with Crippen molar-refractivity contribution in [1.82, 2.24) is 19.4 Å². The molecule has 0 aliphatic carbocycles. The van der Waals surface area contributed by atoms with Crippen LogP contribution in [0.2, 0.25) is 5.02 Å². The fourth-order valence-corrected chi connectivity index (χ4v) is 4.34. The molecule has 1 aliphatic rings.